The van der Waals surface area contributed by atoms with Gasteiger partial charge < -0.3 is 10.00 Å². The highest BCUT2D eigenvalue weighted by atomic mass is 31.2. The van der Waals surface area contributed by atoms with E-state index in [1.165, 1.54) is 0 Å². The summed E-state index contributed by atoms with van der Waals surface area (Å²) in [6, 6.07) is 0. The lowest BCUT2D eigenvalue weighted by atomic mass is 10.1. The lowest BCUT2D eigenvalue weighted by Gasteiger charge is -2.01. The average Bonchev–Trinajstić information content (AvgIpc) is 2.10. The van der Waals surface area contributed by atoms with E-state index in [1.807, 2.05) is 0 Å². The minimum Gasteiger partial charge on any atom is -0.396 e. The maximum absolute atomic E-state index is 10.8. The minimum atomic E-state index is -2.78. The molecule has 2 unspecified atom stereocenters. The smallest absolute Gasteiger partial charge is 0.201 e. The number of aliphatic hydroxyl groups excluding tert-OH is 1. The molecule has 2 N–H and O–H groups in total. The lowest BCUT2D eigenvalue weighted by molar-refractivity contribution is 0.240. The third kappa shape index (κ3) is 1.78. The van der Waals surface area contributed by atoms with Crippen LogP contribution >= 0.6 is 7.37 Å². The molecule has 1 aliphatic rings. The summed E-state index contributed by atoms with van der Waals surface area (Å²) < 4.78 is 10.8. The van der Waals surface area contributed by atoms with Gasteiger partial charge in [-0.05, 0) is 12.3 Å². The highest BCUT2D eigenvalue weighted by Crippen LogP contribution is 2.49. The second-order valence-corrected chi connectivity index (χ2v) is 5.09. The Bertz CT molecular complexity index is 145. The molecule has 0 aromatic heterocycles. The van der Waals surface area contributed by atoms with Crippen LogP contribution in [0.5, 0.6) is 0 Å². The van der Waals surface area contributed by atoms with Gasteiger partial charge in [0.25, 0.3) is 0 Å². The Labute approximate surface area is 54.2 Å². The first-order valence-corrected chi connectivity index (χ1v) is 5.09. The van der Waals surface area contributed by atoms with E-state index in [9.17, 15) is 4.57 Å². The van der Waals surface area contributed by atoms with Crippen LogP contribution in [-0.4, -0.2) is 28.9 Å². The number of hydrogen-bond donors (Lipinski definition) is 2. The van der Waals surface area contributed by atoms with Crippen LogP contribution in [0.2, 0.25) is 0 Å². The molecule has 1 fully saturated rings. The van der Waals surface area contributed by atoms with E-state index in [2.05, 4.69) is 0 Å². The molecule has 0 aromatic carbocycles. The van der Waals surface area contributed by atoms with Gasteiger partial charge in [0, 0.05) is 18.9 Å². The van der Waals surface area contributed by atoms with Crippen molar-refractivity contribution in [1.82, 2.24) is 0 Å². The van der Waals surface area contributed by atoms with Gasteiger partial charge in [0.05, 0.1) is 0 Å². The predicted molar refractivity (Wildman–Crippen MR) is 34.8 cm³/mol. The van der Waals surface area contributed by atoms with Crippen LogP contribution in [0.1, 0.15) is 6.42 Å². The van der Waals surface area contributed by atoms with Crippen molar-refractivity contribution in [2.75, 3.05) is 18.9 Å². The van der Waals surface area contributed by atoms with E-state index in [0.29, 0.717) is 18.7 Å². The molecule has 1 heterocycles. The molecule has 0 aromatic rings. The van der Waals surface area contributed by atoms with Crippen molar-refractivity contribution < 1.29 is 14.6 Å². The van der Waals surface area contributed by atoms with Crippen LogP contribution in [0.3, 0.4) is 0 Å². The second-order valence-electron chi connectivity index (χ2n) is 2.59. The number of hydrogen-bond acceptors (Lipinski definition) is 2. The van der Waals surface area contributed by atoms with Gasteiger partial charge in [0.15, 0.2) is 0 Å². The molecule has 1 rings (SSSR count). The Morgan fingerprint density at radius 3 is 2.56 bits per heavy atom. The maximum Gasteiger partial charge on any atom is 0.201 e. The van der Waals surface area contributed by atoms with Crippen LogP contribution in [0.15, 0.2) is 0 Å². The Hall–Kier alpha value is 0.150. The average molecular weight is 150 g/mol. The summed E-state index contributed by atoms with van der Waals surface area (Å²) in [6.45, 7) is 0.0601. The molecule has 0 saturated carbocycles. The van der Waals surface area contributed by atoms with Crippen molar-refractivity contribution in [2.45, 2.75) is 6.42 Å². The molecule has 0 radical (unpaired) electrons. The number of aliphatic hydroxyl groups is 1. The molecular formula is C5H11O3P. The molecule has 1 saturated heterocycles. The largest absolute Gasteiger partial charge is 0.396 e. The van der Waals surface area contributed by atoms with Crippen LogP contribution < -0.4 is 0 Å². The van der Waals surface area contributed by atoms with Gasteiger partial charge in [-0.15, -0.1) is 0 Å². The zero-order chi connectivity index (χ0) is 6.91. The molecule has 9 heavy (non-hydrogen) atoms. The van der Waals surface area contributed by atoms with E-state index < -0.39 is 7.37 Å². The second kappa shape index (κ2) is 2.41. The number of rotatable bonds is 1. The fraction of sp³-hybridized carbons (Fsp3) is 1.00. The molecule has 54 valence electrons. The Kier molecular flexibility index (Phi) is 1.94. The summed E-state index contributed by atoms with van der Waals surface area (Å²) in [5.74, 6) is 0.0841. The summed E-state index contributed by atoms with van der Waals surface area (Å²) in [7, 11) is -2.78. The van der Waals surface area contributed by atoms with E-state index in [1.54, 1.807) is 0 Å². The van der Waals surface area contributed by atoms with Gasteiger partial charge >= 0.3 is 0 Å². The van der Waals surface area contributed by atoms with Crippen LogP contribution in [0.25, 0.3) is 0 Å². The molecule has 0 amide bonds. The molecule has 3 nitrogen and oxygen atoms in total. The SMILES string of the molecule is O=P1(O)CCC(CO)C1. The van der Waals surface area contributed by atoms with Crippen LogP contribution in [-0.2, 0) is 4.57 Å². The summed E-state index contributed by atoms with van der Waals surface area (Å²) in [5, 5.41) is 8.57. The van der Waals surface area contributed by atoms with E-state index in [-0.39, 0.29) is 12.5 Å². The predicted octanol–water partition coefficient (Wildman–Crippen LogP) is 0.269. The van der Waals surface area contributed by atoms with Gasteiger partial charge in [-0.1, -0.05) is 0 Å². The highest BCUT2D eigenvalue weighted by Gasteiger charge is 2.31. The zero-order valence-electron chi connectivity index (χ0n) is 5.16. The van der Waals surface area contributed by atoms with Crippen molar-refractivity contribution in [2.24, 2.45) is 5.92 Å². The third-order valence-electron chi connectivity index (χ3n) is 1.69. The van der Waals surface area contributed by atoms with Crippen molar-refractivity contribution >= 4 is 7.37 Å². The van der Waals surface area contributed by atoms with Gasteiger partial charge in [-0.25, -0.2) is 0 Å². The summed E-state index contributed by atoms with van der Waals surface area (Å²) in [5.41, 5.74) is 0. The molecule has 0 bridgehead atoms. The first-order valence-electron chi connectivity index (χ1n) is 3.06. The Morgan fingerprint density at radius 1 is 1.67 bits per heavy atom. The fourth-order valence-corrected chi connectivity index (χ4v) is 3.18. The molecular weight excluding hydrogens is 139 g/mol. The van der Waals surface area contributed by atoms with E-state index >= 15 is 0 Å². The van der Waals surface area contributed by atoms with Gasteiger partial charge in [0.2, 0.25) is 7.37 Å². The van der Waals surface area contributed by atoms with Crippen molar-refractivity contribution in [3.05, 3.63) is 0 Å². The third-order valence-corrected chi connectivity index (χ3v) is 3.73. The highest BCUT2D eigenvalue weighted by molar-refractivity contribution is 7.58. The monoisotopic (exact) mass is 150 g/mol. The fourth-order valence-electron chi connectivity index (χ4n) is 1.12. The summed E-state index contributed by atoms with van der Waals surface area (Å²) in [6.07, 6.45) is 1.44. The Balaban J connectivity index is 2.47. The van der Waals surface area contributed by atoms with E-state index in [4.69, 9.17) is 10.00 Å². The Morgan fingerprint density at radius 2 is 2.33 bits per heavy atom. The van der Waals surface area contributed by atoms with Crippen molar-refractivity contribution in [3.8, 4) is 0 Å². The lowest BCUT2D eigenvalue weighted by Crippen LogP contribution is -2.02. The summed E-state index contributed by atoms with van der Waals surface area (Å²) >= 11 is 0. The minimum absolute atomic E-state index is 0.0601. The van der Waals surface area contributed by atoms with Crippen molar-refractivity contribution in [1.29, 1.82) is 0 Å². The first kappa shape index (κ1) is 7.26. The molecule has 2 atom stereocenters. The van der Waals surface area contributed by atoms with Gasteiger partial charge in [-0.2, -0.15) is 0 Å². The summed E-state index contributed by atoms with van der Waals surface area (Å²) in [4.78, 5) is 8.94. The van der Waals surface area contributed by atoms with E-state index in [0.717, 1.165) is 0 Å². The molecule has 4 heteroatoms. The quantitative estimate of drug-likeness (QED) is 0.527. The molecule has 0 spiro atoms. The van der Waals surface area contributed by atoms with Crippen LogP contribution in [0.4, 0.5) is 0 Å². The maximum atomic E-state index is 10.8. The first-order chi connectivity index (χ1) is 4.14. The van der Waals surface area contributed by atoms with Crippen LogP contribution in [0, 0.1) is 5.92 Å². The molecule has 1 aliphatic heterocycles. The van der Waals surface area contributed by atoms with Gasteiger partial charge in [-0.3, -0.25) is 4.57 Å². The zero-order valence-corrected chi connectivity index (χ0v) is 6.05. The standard InChI is InChI=1S/C5H11O3P/c6-3-5-1-2-9(7,8)4-5/h5-6H,1-4H2,(H,7,8). The van der Waals surface area contributed by atoms with Gasteiger partial charge in [0.1, 0.15) is 0 Å². The normalized spacial score (nSPS) is 43.6. The molecule has 0 aliphatic carbocycles. The van der Waals surface area contributed by atoms with Crippen molar-refractivity contribution in [3.63, 3.8) is 0 Å². The topological polar surface area (TPSA) is 57.5 Å².